The summed E-state index contributed by atoms with van der Waals surface area (Å²) in [5.74, 6) is 4.19. The average molecular weight is 178 g/mol. The minimum absolute atomic E-state index is 0.104. The number of hydrogen-bond donors (Lipinski definition) is 0. The van der Waals surface area contributed by atoms with Crippen molar-refractivity contribution in [2.24, 2.45) is 0 Å². The zero-order valence-electron chi connectivity index (χ0n) is 8.24. The number of aromatic nitrogens is 1. The van der Waals surface area contributed by atoms with E-state index in [0.717, 1.165) is 5.76 Å². The zero-order chi connectivity index (χ0) is 9.84. The Morgan fingerprint density at radius 2 is 2.46 bits per heavy atom. The normalized spacial score (nSPS) is 12.8. The van der Waals surface area contributed by atoms with Crippen LogP contribution in [-0.2, 0) is 6.54 Å². The SMILES string of the molecule is C#CC(C)N(C)Cc1ncc(C)o1. The van der Waals surface area contributed by atoms with Crippen LogP contribution in [0.2, 0.25) is 0 Å². The van der Waals surface area contributed by atoms with Crippen molar-refractivity contribution in [3.05, 3.63) is 17.8 Å². The van der Waals surface area contributed by atoms with Crippen molar-refractivity contribution in [2.45, 2.75) is 26.4 Å². The molecule has 0 bridgehead atoms. The number of hydrogen-bond acceptors (Lipinski definition) is 3. The first kappa shape index (κ1) is 9.82. The highest BCUT2D eigenvalue weighted by atomic mass is 16.4. The molecule has 0 amide bonds. The Hall–Kier alpha value is -1.27. The highest BCUT2D eigenvalue weighted by Crippen LogP contribution is 2.06. The van der Waals surface area contributed by atoms with Gasteiger partial charge in [-0.15, -0.1) is 6.42 Å². The Bertz CT molecular complexity index is 311. The lowest BCUT2D eigenvalue weighted by Crippen LogP contribution is -2.27. The largest absolute Gasteiger partial charge is 0.445 e. The fourth-order valence-electron chi connectivity index (χ4n) is 0.952. The van der Waals surface area contributed by atoms with Gasteiger partial charge in [-0.3, -0.25) is 4.90 Å². The quantitative estimate of drug-likeness (QED) is 0.656. The lowest BCUT2D eigenvalue weighted by Gasteiger charge is -2.17. The van der Waals surface area contributed by atoms with Gasteiger partial charge in [0.15, 0.2) is 0 Å². The second-order valence-corrected chi connectivity index (χ2v) is 3.12. The number of rotatable bonds is 3. The first-order chi connectivity index (χ1) is 6.13. The van der Waals surface area contributed by atoms with Crippen molar-refractivity contribution in [3.63, 3.8) is 0 Å². The van der Waals surface area contributed by atoms with Crippen LogP contribution in [0.3, 0.4) is 0 Å². The number of nitrogens with zero attached hydrogens (tertiary/aromatic N) is 2. The van der Waals surface area contributed by atoms with Gasteiger partial charge in [-0.2, -0.15) is 0 Å². The average Bonchev–Trinajstić information content (AvgIpc) is 2.49. The predicted molar refractivity (Wildman–Crippen MR) is 51.0 cm³/mol. The Labute approximate surface area is 78.8 Å². The third-order valence-electron chi connectivity index (χ3n) is 1.96. The fourth-order valence-corrected chi connectivity index (χ4v) is 0.952. The standard InChI is InChI=1S/C10H14N2O/c1-5-8(2)12(4)7-10-11-6-9(3)13-10/h1,6,8H,7H2,2-4H3. The van der Waals surface area contributed by atoms with Crippen molar-refractivity contribution >= 4 is 0 Å². The van der Waals surface area contributed by atoms with E-state index in [1.807, 2.05) is 25.8 Å². The van der Waals surface area contributed by atoms with E-state index in [-0.39, 0.29) is 6.04 Å². The van der Waals surface area contributed by atoms with Gasteiger partial charge in [0.2, 0.25) is 5.89 Å². The summed E-state index contributed by atoms with van der Waals surface area (Å²) in [4.78, 5) is 6.10. The van der Waals surface area contributed by atoms with E-state index < -0.39 is 0 Å². The molecular weight excluding hydrogens is 164 g/mol. The molecule has 0 aliphatic carbocycles. The molecule has 1 aromatic heterocycles. The molecular formula is C10H14N2O. The highest BCUT2D eigenvalue weighted by Gasteiger charge is 2.09. The Morgan fingerprint density at radius 1 is 1.77 bits per heavy atom. The van der Waals surface area contributed by atoms with Gasteiger partial charge in [0.25, 0.3) is 0 Å². The minimum Gasteiger partial charge on any atom is -0.445 e. The first-order valence-corrected chi connectivity index (χ1v) is 4.21. The summed E-state index contributed by atoms with van der Waals surface area (Å²) < 4.78 is 5.33. The third-order valence-corrected chi connectivity index (χ3v) is 1.96. The highest BCUT2D eigenvalue weighted by molar-refractivity contribution is 4.98. The molecule has 0 saturated heterocycles. The number of terminal acetylenes is 1. The monoisotopic (exact) mass is 178 g/mol. The van der Waals surface area contributed by atoms with Crippen LogP contribution in [-0.4, -0.2) is 23.0 Å². The summed E-state index contributed by atoms with van der Waals surface area (Å²) in [7, 11) is 1.95. The molecule has 13 heavy (non-hydrogen) atoms. The van der Waals surface area contributed by atoms with Crippen LogP contribution < -0.4 is 0 Å². The minimum atomic E-state index is 0.104. The van der Waals surface area contributed by atoms with Gasteiger partial charge in [-0.1, -0.05) is 5.92 Å². The molecule has 1 heterocycles. The van der Waals surface area contributed by atoms with E-state index in [2.05, 4.69) is 10.9 Å². The van der Waals surface area contributed by atoms with Crippen LogP contribution in [0.15, 0.2) is 10.6 Å². The number of oxazole rings is 1. The topological polar surface area (TPSA) is 29.3 Å². The smallest absolute Gasteiger partial charge is 0.208 e. The maximum absolute atomic E-state index is 5.33. The first-order valence-electron chi connectivity index (χ1n) is 4.21. The van der Waals surface area contributed by atoms with E-state index >= 15 is 0 Å². The molecule has 1 aromatic rings. The van der Waals surface area contributed by atoms with E-state index in [0.29, 0.717) is 12.4 Å². The second kappa shape index (κ2) is 4.11. The number of aryl methyl sites for hydroxylation is 1. The fraction of sp³-hybridized carbons (Fsp3) is 0.500. The maximum atomic E-state index is 5.33. The molecule has 0 aliphatic heterocycles. The summed E-state index contributed by atoms with van der Waals surface area (Å²) >= 11 is 0. The lowest BCUT2D eigenvalue weighted by atomic mass is 10.3. The molecule has 0 aromatic carbocycles. The molecule has 0 radical (unpaired) electrons. The van der Waals surface area contributed by atoms with Crippen LogP contribution in [0.1, 0.15) is 18.6 Å². The molecule has 0 saturated carbocycles. The molecule has 1 atom stereocenters. The molecule has 0 N–H and O–H groups in total. The summed E-state index contributed by atoms with van der Waals surface area (Å²) in [6, 6.07) is 0.104. The maximum Gasteiger partial charge on any atom is 0.208 e. The summed E-state index contributed by atoms with van der Waals surface area (Å²) in [5, 5.41) is 0. The Kier molecular flexibility index (Phi) is 3.10. The summed E-state index contributed by atoms with van der Waals surface area (Å²) in [5.41, 5.74) is 0. The van der Waals surface area contributed by atoms with Crippen molar-refractivity contribution < 1.29 is 4.42 Å². The summed E-state index contributed by atoms with van der Waals surface area (Å²) in [6.45, 7) is 4.50. The van der Waals surface area contributed by atoms with Gasteiger partial charge in [0.1, 0.15) is 5.76 Å². The molecule has 0 fully saturated rings. The molecule has 1 unspecified atom stereocenters. The molecule has 1 rings (SSSR count). The van der Waals surface area contributed by atoms with Gasteiger partial charge in [-0.05, 0) is 20.9 Å². The predicted octanol–water partition coefficient (Wildman–Crippen LogP) is 1.44. The van der Waals surface area contributed by atoms with E-state index in [9.17, 15) is 0 Å². The van der Waals surface area contributed by atoms with Crippen LogP contribution in [0, 0.1) is 19.3 Å². The van der Waals surface area contributed by atoms with E-state index in [1.54, 1.807) is 6.20 Å². The summed E-state index contributed by atoms with van der Waals surface area (Å²) in [6.07, 6.45) is 7.00. The Balaban J connectivity index is 2.55. The van der Waals surface area contributed by atoms with Crippen LogP contribution in [0.25, 0.3) is 0 Å². The van der Waals surface area contributed by atoms with Gasteiger partial charge in [0.05, 0.1) is 18.8 Å². The van der Waals surface area contributed by atoms with Crippen LogP contribution in [0.5, 0.6) is 0 Å². The molecule has 3 heteroatoms. The van der Waals surface area contributed by atoms with Crippen LogP contribution in [0.4, 0.5) is 0 Å². The van der Waals surface area contributed by atoms with E-state index in [4.69, 9.17) is 10.8 Å². The molecule has 70 valence electrons. The molecule has 0 spiro atoms. The second-order valence-electron chi connectivity index (χ2n) is 3.12. The Morgan fingerprint density at radius 3 is 2.92 bits per heavy atom. The van der Waals surface area contributed by atoms with Gasteiger partial charge in [0, 0.05) is 0 Å². The van der Waals surface area contributed by atoms with Crippen molar-refractivity contribution in [3.8, 4) is 12.3 Å². The third kappa shape index (κ3) is 2.60. The zero-order valence-corrected chi connectivity index (χ0v) is 8.24. The van der Waals surface area contributed by atoms with Crippen molar-refractivity contribution in [1.29, 1.82) is 0 Å². The van der Waals surface area contributed by atoms with Crippen LogP contribution >= 0.6 is 0 Å². The lowest BCUT2D eigenvalue weighted by molar-refractivity contribution is 0.262. The van der Waals surface area contributed by atoms with Gasteiger partial charge < -0.3 is 4.42 Å². The molecule has 3 nitrogen and oxygen atoms in total. The van der Waals surface area contributed by atoms with E-state index in [1.165, 1.54) is 0 Å². The van der Waals surface area contributed by atoms with Gasteiger partial charge >= 0.3 is 0 Å². The van der Waals surface area contributed by atoms with Crippen molar-refractivity contribution in [2.75, 3.05) is 7.05 Å². The van der Waals surface area contributed by atoms with Crippen molar-refractivity contribution in [1.82, 2.24) is 9.88 Å². The van der Waals surface area contributed by atoms with Gasteiger partial charge in [-0.25, -0.2) is 4.98 Å². The molecule has 0 aliphatic rings.